The van der Waals surface area contributed by atoms with E-state index >= 15 is 0 Å². The molecule has 0 saturated carbocycles. The minimum absolute atomic E-state index is 0.0605. The smallest absolute Gasteiger partial charge is 0.407 e. The molecule has 0 bridgehead atoms. The number of ether oxygens (including phenoxy) is 3. The first-order valence-corrected chi connectivity index (χ1v) is 10.3. The fourth-order valence-corrected chi connectivity index (χ4v) is 3.56. The molecular formula is C24H27NO7. The third kappa shape index (κ3) is 5.64. The lowest BCUT2D eigenvalue weighted by atomic mass is 9.98. The lowest BCUT2D eigenvalue weighted by molar-refractivity contribution is -0.167. The van der Waals surface area contributed by atoms with Gasteiger partial charge in [-0.3, -0.25) is 0 Å². The minimum atomic E-state index is -1.37. The van der Waals surface area contributed by atoms with Gasteiger partial charge in [-0.1, -0.05) is 48.5 Å². The molecule has 1 atom stereocenters. The molecule has 0 aromatic heterocycles. The lowest BCUT2D eigenvalue weighted by Crippen LogP contribution is -2.45. The van der Waals surface area contributed by atoms with Gasteiger partial charge in [0.2, 0.25) is 0 Å². The monoisotopic (exact) mass is 441 g/mol. The van der Waals surface area contributed by atoms with Crippen LogP contribution in [0.1, 0.15) is 37.8 Å². The van der Waals surface area contributed by atoms with Crippen LogP contribution in [0.3, 0.4) is 0 Å². The number of amides is 1. The molecule has 1 unspecified atom stereocenters. The van der Waals surface area contributed by atoms with Crippen molar-refractivity contribution in [2.24, 2.45) is 0 Å². The maximum Gasteiger partial charge on any atom is 0.407 e. The SMILES string of the molecule is CC(C)(C)OC(=O)COC(=O)C(CO)NC(=O)OCC1c2ccccc2-c2ccccc21. The van der Waals surface area contributed by atoms with Crippen LogP contribution in [0.15, 0.2) is 48.5 Å². The van der Waals surface area contributed by atoms with Crippen LogP contribution in [0.5, 0.6) is 0 Å². The highest BCUT2D eigenvalue weighted by Gasteiger charge is 2.30. The van der Waals surface area contributed by atoms with Gasteiger partial charge in [0.25, 0.3) is 0 Å². The third-order valence-corrected chi connectivity index (χ3v) is 4.86. The molecule has 0 heterocycles. The molecule has 0 spiro atoms. The number of hydrogen-bond donors (Lipinski definition) is 2. The number of esters is 2. The van der Waals surface area contributed by atoms with Crippen LogP contribution in [0.2, 0.25) is 0 Å². The van der Waals surface area contributed by atoms with Gasteiger partial charge in [-0.25, -0.2) is 14.4 Å². The fourth-order valence-electron chi connectivity index (χ4n) is 3.56. The Balaban J connectivity index is 1.55. The van der Waals surface area contributed by atoms with Crippen LogP contribution in [0.4, 0.5) is 4.79 Å². The predicted molar refractivity (Wildman–Crippen MR) is 116 cm³/mol. The quantitative estimate of drug-likeness (QED) is 0.502. The van der Waals surface area contributed by atoms with Crippen molar-refractivity contribution >= 4 is 18.0 Å². The zero-order valence-electron chi connectivity index (χ0n) is 18.3. The van der Waals surface area contributed by atoms with Crippen LogP contribution in [-0.4, -0.2) is 54.6 Å². The number of carbonyl (C=O) groups excluding carboxylic acids is 3. The first-order valence-electron chi connectivity index (χ1n) is 10.3. The summed E-state index contributed by atoms with van der Waals surface area (Å²) in [7, 11) is 0. The Morgan fingerprint density at radius 2 is 1.53 bits per heavy atom. The number of fused-ring (bicyclic) bond motifs is 3. The van der Waals surface area contributed by atoms with E-state index in [-0.39, 0.29) is 12.5 Å². The molecule has 2 N–H and O–H groups in total. The van der Waals surface area contributed by atoms with E-state index < -0.39 is 42.9 Å². The Morgan fingerprint density at radius 1 is 0.969 bits per heavy atom. The van der Waals surface area contributed by atoms with Gasteiger partial charge in [0.15, 0.2) is 12.6 Å². The fraction of sp³-hybridized carbons (Fsp3) is 0.375. The van der Waals surface area contributed by atoms with Crippen molar-refractivity contribution in [3.8, 4) is 11.1 Å². The molecule has 1 aliphatic rings. The summed E-state index contributed by atoms with van der Waals surface area (Å²) in [4.78, 5) is 36.1. The second-order valence-electron chi connectivity index (χ2n) is 8.40. The molecule has 2 aromatic carbocycles. The molecule has 0 fully saturated rings. The van der Waals surface area contributed by atoms with Gasteiger partial charge in [-0.15, -0.1) is 0 Å². The van der Waals surface area contributed by atoms with Gasteiger partial charge in [0.05, 0.1) is 6.61 Å². The number of carbonyl (C=O) groups is 3. The number of benzene rings is 2. The maximum absolute atomic E-state index is 12.3. The maximum atomic E-state index is 12.3. The van der Waals surface area contributed by atoms with E-state index in [4.69, 9.17) is 14.2 Å². The summed E-state index contributed by atoms with van der Waals surface area (Å²) in [6.07, 6.45) is -0.875. The van der Waals surface area contributed by atoms with Gasteiger partial charge >= 0.3 is 18.0 Å². The molecule has 2 aromatic rings. The predicted octanol–water partition coefficient (Wildman–Crippen LogP) is 2.77. The molecule has 8 heteroatoms. The topological polar surface area (TPSA) is 111 Å². The van der Waals surface area contributed by atoms with E-state index in [1.807, 2.05) is 48.5 Å². The van der Waals surface area contributed by atoms with Gasteiger partial charge < -0.3 is 24.6 Å². The third-order valence-electron chi connectivity index (χ3n) is 4.86. The lowest BCUT2D eigenvalue weighted by Gasteiger charge is -2.20. The largest absolute Gasteiger partial charge is 0.457 e. The Bertz CT molecular complexity index is 950. The van der Waals surface area contributed by atoms with Gasteiger partial charge in [-0.2, -0.15) is 0 Å². The first kappa shape index (κ1) is 23.3. The van der Waals surface area contributed by atoms with E-state index in [2.05, 4.69) is 5.32 Å². The van der Waals surface area contributed by atoms with Crippen molar-refractivity contribution < 1.29 is 33.7 Å². The van der Waals surface area contributed by atoms with Gasteiger partial charge in [0.1, 0.15) is 12.2 Å². The molecule has 32 heavy (non-hydrogen) atoms. The van der Waals surface area contributed by atoms with E-state index in [1.165, 1.54) is 0 Å². The average Bonchev–Trinajstić information content (AvgIpc) is 3.07. The first-order chi connectivity index (χ1) is 15.2. The summed E-state index contributed by atoms with van der Waals surface area (Å²) < 4.78 is 15.2. The van der Waals surface area contributed by atoms with Crippen LogP contribution in [0, 0.1) is 0 Å². The van der Waals surface area contributed by atoms with Crippen LogP contribution in [-0.2, 0) is 23.8 Å². The van der Waals surface area contributed by atoms with E-state index in [1.54, 1.807) is 20.8 Å². The van der Waals surface area contributed by atoms with Crippen molar-refractivity contribution in [3.63, 3.8) is 0 Å². The van der Waals surface area contributed by atoms with Crippen LogP contribution < -0.4 is 5.32 Å². The van der Waals surface area contributed by atoms with Crippen molar-refractivity contribution in [1.82, 2.24) is 5.32 Å². The number of hydrogen-bond acceptors (Lipinski definition) is 7. The average molecular weight is 441 g/mol. The number of rotatable bonds is 7. The molecule has 1 aliphatic carbocycles. The molecule has 3 rings (SSSR count). The number of aliphatic hydroxyl groups excluding tert-OH is 1. The summed E-state index contributed by atoms with van der Waals surface area (Å²) in [6.45, 7) is 3.77. The summed E-state index contributed by atoms with van der Waals surface area (Å²) in [5.41, 5.74) is 3.57. The van der Waals surface area contributed by atoms with Crippen LogP contribution in [0.25, 0.3) is 11.1 Å². The highest BCUT2D eigenvalue weighted by Crippen LogP contribution is 2.44. The molecule has 170 valence electrons. The van der Waals surface area contributed by atoms with E-state index in [0.29, 0.717) is 0 Å². The second kappa shape index (κ2) is 9.82. The van der Waals surface area contributed by atoms with E-state index in [0.717, 1.165) is 22.3 Å². The zero-order valence-corrected chi connectivity index (χ0v) is 18.3. The van der Waals surface area contributed by atoms with Crippen LogP contribution >= 0.6 is 0 Å². The van der Waals surface area contributed by atoms with Gasteiger partial charge in [0, 0.05) is 5.92 Å². The number of aliphatic hydroxyl groups is 1. The van der Waals surface area contributed by atoms with Gasteiger partial charge in [-0.05, 0) is 43.0 Å². The molecule has 0 aliphatic heterocycles. The number of alkyl carbamates (subject to hydrolysis) is 1. The molecule has 1 amide bonds. The van der Waals surface area contributed by atoms with Crippen molar-refractivity contribution in [2.45, 2.75) is 38.3 Å². The van der Waals surface area contributed by atoms with E-state index in [9.17, 15) is 19.5 Å². The normalized spacial score (nSPS) is 13.5. The Morgan fingerprint density at radius 3 is 2.06 bits per heavy atom. The highest BCUT2D eigenvalue weighted by atomic mass is 16.6. The molecule has 0 radical (unpaired) electrons. The molecule has 0 saturated heterocycles. The van der Waals surface area contributed by atoms with Crippen molar-refractivity contribution in [3.05, 3.63) is 59.7 Å². The minimum Gasteiger partial charge on any atom is -0.457 e. The zero-order chi connectivity index (χ0) is 23.3. The standard InChI is InChI=1S/C24H27NO7/c1-24(2,3)32-21(27)14-30-22(28)20(12-26)25-23(29)31-13-19-17-10-6-4-8-15(17)16-9-5-7-11-18(16)19/h4-11,19-20,26H,12-14H2,1-3H3,(H,25,29). The number of nitrogens with one attached hydrogen (secondary N) is 1. The summed E-state index contributed by atoms with van der Waals surface area (Å²) in [5, 5.41) is 11.7. The molecule has 8 nitrogen and oxygen atoms in total. The Labute approximate surface area is 186 Å². The summed E-state index contributed by atoms with van der Waals surface area (Å²) >= 11 is 0. The van der Waals surface area contributed by atoms with Crippen molar-refractivity contribution in [2.75, 3.05) is 19.8 Å². The highest BCUT2D eigenvalue weighted by molar-refractivity contribution is 5.84. The van der Waals surface area contributed by atoms with Crippen molar-refractivity contribution in [1.29, 1.82) is 0 Å². The second-order valence-corrected chi connectivity index (χ2v) is 8.40. The Kier molecular flexibility index (Phi) is 7.15. The summed E-state index contributed by atoms with van der Waals surface area (Å²) in [5.74, 6) is -1.84. The Hall–Kier alpha value is -3.39. The summed E-state index contributed by atoms with van der Waals surface area (Å²) in [6, 6.07) is 14.4. The molecular weight excluding hydrogens is 414 g/mol.